The fourth-order valence-electron chi connectivity index (χ4n) is 2.05. The first-order valence-corrected chi connectivity index (χ1v) is 8.90. The van der Waals surface area contributed by atoms with Gasteiger partial charge in [-0.25, -0.2) is 12.7 Å². The molecule has 0 amide bonds. The molecule has 1 atom stereocenters. The van der Waals surface area contributed by atoms with Crippen molar-refractivity contribution in [1.29, 1.82) is 0 Å². The zero-order valence-corrected chi connectivity index (χ0v) is 14.5. The minimum Gasteiger partial charge on any atom is -0.469 e. The van der Waals surface area contributed by atoms with Gasteiger partial charge in [-0.05, 0) is 36.5 Å². The first-order valence-electron chi connectivity index (χ1n) is 7.46. The first-order chi connectivity index (χ1) is 10.3. The second-order valence-corrected chi connectivity index (χ2v) is 7.43. The lowest BCUT2D eigenvalue weighted by molar-refractivity contribution is -0.140. The fraction of sp³-hybridized carbons (Fsp3) is 0.562. The summed E-state index contributed by atoms with van der Waals surface area (Å²) in [6.45, 7) is 4.50. The van der Waals surface area contributed by atoms with E-state index in [1.54, 1.807) is 12.1 Å². The predicted molar refractivity (Wildman–Crippen MR) is 86.2 cm³/mol. The smallest absolute Gasteiger partial charge is 0.305 e. The number of hydrogen-bond acceptors (Lipinski definition) is 4. The van der Waals surface area contributed by atoms with Crippen molar-refractivity contribution >= 4 is 16.0 Å². The van der Waals surface area contributed by atoms with E-state index in [-0.39, 0.29) is 23.8 Å². The average Bonchev–Trinajstić information content (AvgIpc) is 2.53. The Morgan fingerprint density at radius 2 is 1.86 bits per heavy atom. The molecule has 5 nitrogen and oxygen atoms in total. The Bertz CT molecular complexity index is 581. The summed E-state index contributed by atoms with van der Waals surface area (Å²) in [6.07, 6.45) is 1.66. The van der Waals surface area contributed by atoms with Crippen molar-refractivity contribution in [1.82, 2.24) is 4.31 Å². The van der Waals surface area contributed by atoms with Crippen LogP contribution >= 0.6 is 0 Å². The maximum absolute atomic E-state index is 12.4. The summed E-state index contributed by atoms with van der Waals surface area (Å²) < 4.78 is 30.7. The van der Waals surface area contributed by atoms with E-state index in [2.05, 4.69) is 18.6 Å². The molecule has 0 spiro atoms. The second-order valence-electron chi connectivity index (χ2n) is 5.38. The van der Waals surface area contributed by atoms with Crippen LogP contribution in [0.3, 0.4) is 0 Å². The van der Waals surface area contributed by atoms with Crippen LogP contribution in [0.15, 0.2) is 29.2 Å². The van der Waals surface area contributed by atoms with Crippen LogP contribution in [-0.4, -0.2) is 39.4 Å². The maximum Gasteiger partial charge on any atom is 0.305 e. The van der Waals surface area contributed by atoms with Crippen LogP contribution in [-0.2, 0) is 19.6 Å². The van der Waals surface area contributed by atoms with Crippen molar-refractivity contribution in [3.8, 4) is 0 Å². The number of rotatable bonds is 8. The average molecular weight is 327 g/mol. The molecule has 1 aromatic carbocycles. The van der Waals surface area contributed by atoms with E-state index >= 15 is 0 Å². The van der Waals surface area contributed by atoms with Gasteiger partial charge in [-0.2, -0.15) is 0 Å². The van der Waals surface area contributed by atoms with Crippen LogP contribution in [0.2, 0.25) is 0 Å². The molecular formula is C16H25NO4S. The summed E-state index contributed by atoms with van der Waals surface area (Å²) in [5.41, 5.74) is 1.13. The van der Waals surface area contributed by atoms with Gasteiger partial charge in [-0.3, -0.25) is 4.79 Å². The molecule has 0 saturated carbocycles. The first kappa shape index (κ1) is 18.6. The number of nitrogens with zero attached hydrogens (tertiary/aromatic N) is 1. The Morgan fingerprint density at radius 1 is 1.27 bits per heavy atom. The van der Waals surface area contributed by atoms with E-state index in [0.29, 0.717) is 12.3 Å². The molecule has 0 N–H and O–H groups in total. The molecule has 0 bridgehead atoms. The number of ether oxygens (including phenoxy) is 1. The quantitative estimate of drug-likeness (QED) is 0.689. The topological polar surface area (TPSA) is 63.7 Å². The highest BCUT2D eigenvalue weighted by Gasteiger charge is 2.20. The largest absolute Gasteiger partial charge is 0.469 e. The summed E-state index contributed by atoms with van der Waals surface area (Å²) in [5, 5.41) is 0. The van der Waals surface area contributed by atoms with Gasteiger partial charge in [0.15, 0.2) is 0 Å². The Hall–Kier alpha value is -1.40. The van der Waals surface area contributed by atoms with Gasteiger partial charge in [0.1, 0.15) is 0 Å². The number of esters is 1. The molecule has 0 heterocycles. The molecule has 0 radical (unpaired) electrons. The molecular weight excluding hydrogens is 302 g/mol. The summed E-state index contributed by atoms with van der Waals surface area (Å²) in [5.74, 6) is 0.0817. The molecule has 0 saturated heterocycles. The van der Waals surface area contributed by atoms with Crippen LogP contribution < -0.4 is 0 Å². The Kier molecular flexibility index (Phi) is 7.03. The third-order valence-electron chi connectivity index (χ3n) is 3.85. The number of hydrogen-bond donors (Lipinski definition) is 0. The number of methoxy groups -OCH3 is 1. The summed E-state index contributed by atoms with van der Waals surface area (Å²) >= 11 is 0. The van der Waals surface area contributed by atoms with Crippen LogP contribution in [0.4, 0.5) is 0 Å². The lowest BCUT2D eigenvalue weighted by Gasteiger charge is -2.17. The van der Waals surface area contributed by atoms with Gasteiger partial charge in [0.05, 0.1) is 12.0 Å². The lowest BCUT2D eigenvalue weighted by atomic mass is 9.99. The van der Waals surface area contributed by atoms with Gasteiger partial charge >= 0.3 is 5.97 Å². The fourth-order valence-corrected chi connectivity index (χ4v) is 3.26. The molecule has 0 aliphatic rings. The van der Waals surface area contributed by atoms with E-state index in [9.17, 15) is 13.2 Å². The van der Waals surface area contributed by atoms with Crippen molar-refractivity contribution < 1.29 is 17.9 Å². The molecule has 124 valence electrons. The number of benzene rings is 1. The van der Waals surface area contributed by atoms with Gasteiger partial charge in [-0.15, -0.1) is 0 Å². The molecule has 6 heteroatoms. The highest BCUT2D eigenvalue weighted by Crippen LogP contribution is 2.22. The monoisotopic (exact) mass is 327 g/mol. The summed E-state index contributed by atoms with van der Waals surface area (Å²) in [4.78, 5) is 11.3. The lowest BCUT2D eigenvalue weighted by Crippen LogP contribution is -2.28. The molecule has 1 unspecified atom stereocenters. The molecule has 0 aliphatic heterocycles. The zero-order valence-electron chi connectivity index (χ0n) is 13.7. The van der Waals surface area contributed by atoms with E-state index in [1.807, 2.05) is 12.1 Å². The SMILES string of the molecule is CCC(C)c1ccc(S(=O)(=O)N(C)CCCC(=O)OC)cc1. The number of carbonyl (C=O) groups is 1. The van der Waals surface area contributed by atoms with Crippen molar-refractivity contribution in [3.63, 3.8) is 0 Å². The minimum atomic E-state index is -3.51. The van der Waals surface area contributed by atoms with Gasteiger partial charge in [0, 0.05) is 20.0 Å². The van der Waals surface area contributed by atoms with Gasteiger partial charge in [0.2, 0.25) is 10.0 Å². The van der Waals surface area contributed by atoms with E-state index < -0.39 is 10.0 Å². The third-order valence-corrected chi connectivity index (χ3v) is 5.72. The molecule has 0 fully saturated rings. The Morgan fingerprint density at radius 3 is 2.36 bits per heavy atom. The number of sulfonamides is 1. The van der Waals surface area contributed by atoms with Gasteiger partial charge in [-0.1, -0.05) is 26.0 Å². The zero-order chi connectivity index (χ0) is 16.8. The number of carbonyl (C=O) groups excluding carboxylic acids is 1. The minimum absolute atomic E-state index is 0.212. The van der Waals surface area contributed by atoms with Crippen molar-refractivity contribution in [2.75, 3.05) is 20.7 Å². The summed E-state index contributed by atoms with van der Waals surface area (Å²) in [6, 6.07) is 7.02. The maximum atomic E-state index is 12.4. The Labute approximate surface area is 133 Å². The van der Waals surface area contributed by atoms with Crippen LogP contribution in [0, 0.1) is 0 Å². The van der Waals surface area contributed by atoms with Crippen molar-refractivity contribution in [2.24, 2.45) is 0 Å². The van der Waals surface area contributed by atoms with E-state index in [0.717, 1.165) is 12.0 Å². The molecule has 0 aliphatic carbocycles. The molecule has 22 heavy (non-hydrogen) atoms. The molecule has 0 aromatic heterocycles. The summed E-state index contributed by atoms with van der Waals surface area (Å²) in [7, 11) is -0.668. The predicted octanol–water partition coefficient (Wildman–Crippen LogP) is 2.77. The Balaban J connectivity index is 2.74. The third kappa shape index (κ3) is 4.81. The second kappa shape index (κ2) is 8.29. The molecule has 1 aromatic rings. The van der Waals surface area contributed by atoms with Crippen molar-refractivity contribution in [3.05, 3.63) is 29.8 Å². The van der Waals surface area contributed by atoms with E-state index in [4.69, 9.17) is 0 Å². The van der Waals surface area contributed by atoms with Crippen LogP contribution in [0.1, 0.15) is 44.6 Å². The molecule has 1 rings (SSSR count). The van der Waals surface area contributed by atoms with Gasteiger partial charge in [0.25, 0.3) is 0 Å². The van der Waals surface area contributed by atoms with Crippen molar-refractivity contribution in [2.45, 2.75) is 43.9 Å². The normalized spacial score (nSPS) is 13.1. The highest BCUT2D eigenvalue weighted by molar-refractivity contribution is 7.89. The highest BCUT2D eigenvalue weighted by atomic mass is 32.2. The van der Waals surface area contributed by atoms with Gasteiger partial charge < -0.3 is 4.74 Å². The van der Waals surface area contributed by atoms with E-state index in [1.165, 1.54) is 18.5 Å². The van der Waals surface area contributed by atoms with Crippen LogP contribution in [0.25, 0.3) is 0 Å². The standard InChI is InChI=1S/C16H25NO4S/c1-5-13(2)14-8-10-15(11-9-14)22(19,20)17(3)12-6-7-16(18)21-4/h8-11,13H,5-7,12H2,1-4H3. The van der Waals surface area contributed by atoms with Crippen LogP contribution in [0.5, 0.6) is 0 Å².